The van der Waals surface area contributed by atoms with Gasteiger partial charge in [0.1, 0.15) is 18.8 Å². The Bertz CT molecular complexity index is 823. The Morgan fingerprint density at radius 2 is 1.64 bits per heavy atom. The van der Waals surface area contributed by atoms with E-state index in [1.807, 2.05) is 30.3 Å². The van der Waals surface area contributed by atoms with E-state index in [0.717, 1.165) is 5.56 Å². The number of hydrogen-bond acceptors (Lipinski definition) is 6. The molecule has 2 aromatic carbocycles. The van der Waals surface area contributed by atoms with Crippen molar-refractivity contribution < 1.29 is 28.6 Å². The normalized spacial score (nSPS) is 18.4. The topological polar surface area (TPSA) is 82.1 Å². The lowest BCUT2D eigenvalue weighted by atomic mass is 10.2. The van der Waals surface area contributed by atoms with Gasteiger partial charge in [0.25, 0.3) is 0 Å². The monoisotopic (exact) mass is 383 g/mol. The third-order valence-electron chi connectivity index (χ3n) is 4.46. The van der Waals surface area contributed by atoms with E-state index in [-0.39, 0.29) is 19.6 Å². The molecule has 0 N–H and O–H groups in total. The highest BCUT2D eigenvalue weighted by molar-refractivity contribution is 5.89. The van der Waals surface area contributed by atoms with Crippen molar-refractivity contribution in [2.75, 3.05) is 13.7 Å². The Labute approximate surface area is 162 Å². The molecule has 146 valence electrons. The fourth-order valence-electron chi connectivity index (χ4n) is 3.04. The summed E-state index contributed by atoms with van der Waals surface area (Å²) in [7, 11) is 1.25. The summed E-state index contributed by atoms with van der Waals surface area (Å²) in [6.07, 6.45) is -1.12. The maximum atomic E-state index is 12.5. The largest absolute Gasteiger partial charge is 0.467 e. The molecule has 0 aromatic heterocycles. The van der Waals surface area contributed by atoms with Crippen molar-refractivity contribution in [2.45, 2.75) is 25.2 Å². The molecule has 2 aromatic rings. The minimum absolute atomic E-state index is 0.0615. The van der Waals surface area contributed by atoms with Gasteiger partial charge >= 0.3 is 18.0 Å². The molecule has 1 aliphatic rings. The quantitative estimate of drug-likeness (QED) is 0.583. The minimum Gasteiger partial charge on any atom is -0.467 e. The number of nitrogens with zero attached hydrogens (tertiary/aromatic N) is 1. The number of benzene rings is 2. The van der Waals surface area contributed by atoms with Crippen molar-refractivity contribution in [2.24, 2.45) is 0 Å². The van der Waals surface area contributed by atoms with E-state index >= 15 is 0 Å². The maximum absolute atomic E-state index is 12.5. The van der Waals surface area contributed by atoms with E-state index in [2.05, 4.69) is 0 Å². The first-order valence-corrected chi connectivity index (χ1v) is 8.89. The van der Waals surface area contributed by atoms with Crippen molar-refractivity contribution in [3.63, 3.8) is 0 Å². The second-order valence-corrected chi connectivity index (χ2v) is 6.36. The summed E-state index contributed by atoms with van der Waals surface area (Å²) < 4.78 is 15.6. The maximum Gasteiger partial charge on any atom is 0.410 e. The predicted molar refractivity (Wildman–Crippen MR) is 99.4 cm³/mol. The van der Waals surface area contributed by atoms with Crippen LogP contribution in [-0.2, 0) is 25.6 Å². The van der Waals surface area contributed by atoms with E-state index in [1.165, 1.54) is 12.0 Å². The van der Waals surface area contributed by atoms with Crippen molar-refractivity contribution in [1.29, 1.82) is 0 Å². The summed E-state index contributed by atoms with van der Waals surface area (Å²) in [5.74, 6) is -1.08. The van der Waals surface area contributed by atoms with Crippen LogP contribution in [0, 0.1) is 0 Å². The number of esters is 2. The number of amides is 1. The van der Waals surface area contributed by atoms with Crippen LogP contribution in [0.2, 0.25) is 0 Å². The number of methoxy groups -OCH3 is 1. The summed E-state index contributed by atoms with van der Waals surface area (Å²) in [5.41, 5.74) is 1.24. The van der Waals surface area contributed by atoms with E-state index in [0.29, 0.717) is 5.56 Å². The van der Waals surface area contributed by atoms with Gasteiger partial charge in [0, 0.05) is 6.42 Å². The third-order valence-corrected chi connectivity index (χ3v) is 4.46. The van der Waals surface area contributed by atoms with Gasteiger partial charge in [-0.2, -0.15) is 0 Å². The van der Waals surface area contributed by atoms with Crippen molar-refractivity contribution in [1.82, 2.24) is 4.90 Å². The van der Waals surface area contributed by atoms with Gasteiger partial charge in [0.05, 0.1) is 19.2 Å². The van der Waals surface area contributed by atoms with Crippen molar-refractivity contribution in [3.8, 4) is 0 Å². The van der Waals surface area contributed by atoms with Crippen molar-refractivity contribution in [3.05, 3.63) is 71.8 Å². The Balaban J connectivity index is 1.64. The van der Waals surface area contributed by atoms with Crippen LogP contribution in [-0.4, -0.2) is 48.7 Å². The van der Waals surface area contributed by atoms with Crippen LogP contribution in [0.25, 0.3) is 0 Å². The molecule has 0 saturated carbocycles. The fourth-order valence-corrected chi connectivity index (χ4v) is 3.04. The second-order valence-electron chi connectivity index (χ2n) is 6.36. The fraction of sp³-hybridized carbons (Fsp3) is 0.286. The van der Waals surface area contributed by atoms with Crippen LogP contribution in [0.15, 0.2) is 60.7 Å². The van der Waals surface area contributed by atoms with Crippen LogP contribution in [0.4, 0.5) is 4.79 Å². The van der Waals surface area contributed by atoms with E-state index in [9.17, 15) is 14.4 Å². The molecule has 1 amide bonds. The van der Waals surface area contributed by atoms with Crippen LogP contribution in [0.5, 0.6) is 0 Å². The first kappa shape index (κ1) is 19.4. The standard InChI is InChI=1S/C21H21NO6/c1-26-20(24)18-12-17(28-19(23)16-10-6-3-7-11-16)13-22(18)21(25)27-14-15-8-4-2-5-9-15/h2-11,17-18H,12-14H2,1H3. The molecule has 1 aliphatic heterocycles. The molecular formula is C21H21NO6. The summed E-state index contributed by atoms with van der Waals surface area (Å²) >= 11 is 0. The lowest BCUT2D eigenvalue weighted by molar-refractivity contribution is -0.145. The molecule has 0 bridgehead atoms. The molecule has 1 saturated heterocycles. The predicted octanol–water partition coefficient (Wildman–Crippen LogP) is 2.80. The Kier molecular flexibility index (Phi) is 6.26. The molecule has 7 heteroatoms. The average Bonchev–Trinajstić information content (AvgIpc) is 3.16. The number of hydrogen-bond donors (Lipinski definition) is 0. The molecule has 2 unspecified atom stereocenters. The SMILES string of the molecule is COC(=O)C1CC(OC(=O)c2ccccc2)CN1C(=O)OCc1ccccc1. The molecule has 0 spiro atoms. The zero-order chi connectivity index (χ0) is 19.9. The van der Waals surface area contributed by atoms with Gasteiger partial charge in [-0.05, 0) is 17.7 Å². The summed E-state index contributed by atoms with van der Waals surface area (Å²) in [6.45, 7) is 0.143. The highest BCUT2D eigenvalue weighted by atomic mass is 16.6. The molecule has 3 rings (SSSR count). The molecular weight excluding hydrogens is 362 g/mol. The highest BCUT2D eigenvalue weighted by Crippen LogP contribution is 2.24. The molecule has 0 aliphatic carbocycles. The van der Waals surface area contributed by atoms with Gasteiger partial charge in [-0.15, -0.1) is 0 Å². The number of rotatable bonds is 5. The Morgan fingerprint density at radius 1 is 1.00 bits per heavy atom. The molecule has 28 heavy (non-hydrogen) atoms. The molecule has 1 fully saturated rings. The number of carbonyl (C=O) groups excluding carboxylic acids is 3. The van der Waals surface area contributed by atoms with Gasteiger partial charge in [0.15, 0.2) is 0 Å². The first-order valence-electron chi connectivity index (χ1n) is 8.89. The lowest BCUT2D eigenvalue weighted by Gasteiger charge is -2.21. The molecule has 1 heterocycles. The van der Waals surface area contributed by atoms with Crippen LogP contribution >= 0.6 is 0 Å². The van der Waals surface area contributed by atoms with Gasteiger partial charge in [0.2, 0.25) is 0 Å². The minimum atomic E-state index is -0.859. The van der Waals surface area contributed by atoms with E-state index < -0.39 is 30.2 Å². The van der Waals surface area contributed by atoms with Gasteiger partial charge < -0.3 is 14.2 Å². The lowest BCUT2D eigenvalue weighted by Crippen LogP contribution is -2.41. The highest BCUT2D eigenvalue weighted by Gasteiger charge is 2.43. The Hall–Kier alpha value is -3.35. The number of carbonyl (C=O) groups is 3. The van der Waals surface area contributed by atoms with Crippen LogP contribution in [0.3, 0.4) is 0 Å². The summed E-state index contributed by atoms with van der Waals surface area (Å²) in [4.78, 5) is 38.1. The van der Waals surface area contributed by atoms with Crippen LogP contribution in [0.1, 0.15) is 22.3 Å². The number of likely N-dealkylation sites (tertiary alicyclic amines) is 1. The van der Waals surface area contributed by atoms with Gasteiger partial charge in [-0.1, -0.05) is 48.5 Å². The zero-order valence-corrected chi connectivity index (χ0v) is 15.4. The first-order chi connectivity index (χ1) is 13.6. The molecule has 2 atom stereocenters. The van der Waals surface area contributed by atoms with Crippen LogP contribution < -0.4 is 0 Å². The van der Waals surface area contributed by atoms with Gasteiger partial charge in [-0.25, -0.2) is 14.4 Å². The smallest absolute Gasteiger partial charge is 0.410 e. The third kappa shape index (κ3) is 4.68. The summed E-state index contributed by atoms with van der Waals surface area (Å²) in [6, 6.07) is 16.9. The van der Waals surface area contributed by atoms with Gasteiger partial charge in [-0.3, -0.25) is 4.90 Å². The summed E-state index contributed by atoms with van der Waals surface area (Å²) in [5, 5.41) is 0. The van der Waals surface area contributed by atoms with Crippen molar-refractivity contribution >= 4 is 18.0 Å². The average molecular weight is 383 g/mol. The van der Waals surface area contributed by atoms with E-state index in [4.69, 9.17) is 14.2 Å². The molecule has 0 radical (unpaired) electrons. The van der Waals surface area contributed by atoms with E-state index in [1.54, 1.807) is 30.3 Å². The number of ether oxygens (including phenoxy) is 3. The second kappa shape index (κ2) is 9.03. The molecule has 7 nitrogen and oxygen atoms in total. The Morgan fingerprint density at radius 3 is 2.29 bits per heavy atom. The zero-order valence-electron chi connectivity index (χ0n) is 15.4.